The van der Waals surface area contributed by atoms with Gasteiger partial charge in [-0.25, -0.2) is 0 Å². The first kappa shape index (κ1) is 12.2. The minimum Gasteiger partial charge on any atom is -0.497 e. The number of benzene rings is 1. The van der Waals surface area contributed by atoms with Crippen LogP contribution in [0.2, 0.25) is 0 Å². The second-order valence-electron chi connectivity index (χ2n) is 4.68. The van der Waals surface area contributed by atoms with E-state index in [1.54, 1.807) is 14.2 Å². The third-order valence-electron chi connectivity index (χ3n) is 3.32. The van der Waals surface area contributed by atoms with Gasteiger partial charge in [-0.05, 0) is 38.3 Å². The van der Waals surface area contributed by atoms with Crippen LogP contribution < -0.4 is 14.8 Å². The van der Waals surface area contributed by atoms with Gasteiger partial charge in [0.1, 0.15) is 11.5 Å². The molecule has 3 nitrogen and oxygen atoms in total. The zero-order valence-corrected chi connectivity index (χ0v) is 10.8. The van der Waals surface area contributed by atoms with Gasteiger partial charge in [-0.2, -0.15) is 0 Å². The summed E-state index contributed by atoms with van der Waals surface area (Å²) < 4.78 is 10.6. The lowest BCUT2D eigenvalue weighted by atomic mass is 10.1. The fourth-order valence-corrected chi connectivity index (χ4v) is 1.95. The van der Waals surface area contributed by atoms with Gasteiger partial charge in [0.15, 0.2) is 0 Å². The molecule has 0 bridgehead atoms. The number of hydrogen-bond acceptors (Lipinski definition) is 3. The summed E-state index contributed by atoms with van der Waals surface area (Å²) >= 11 is 0. The Balaban J connectivity index is 2.06. The quantitative estimate of drug-likeness (QED) is 0.822. The molecule has 0 aliphatic heterocycles. The van der Waals surface area contributed by atoms with Crippen LogP contribution in [0, 0.1) is 5.92 Å². The topological polar surface area (TPSA) is 30.5 Å². The fourth-order valence-electron chi connectivity index (χ4n) is 1.95. The molecule has 2 rings (SSSR count). The zero-order chi connectivity index (χ0) is 12.3. The van der Waals surface area contributed by atoms with E-state index in [0.717, 1.165) is 24.0 Å². The average molecular weight is 235 g/mol. The molecule has 1 atom stereocenters. The Morgan fingerprint density at radius 3 is 2.65 bits per heavy atom. The van der Waals surface area contributed by atoms with Crippen LogP contribution >= 0.6 is 0 Å². The maximum absolute atomic E-state index is 5.41. The number of hydrogen-bond donors (Lipinski definition) is 1. The van der Waals surface area contributed by atoms with Crippen LogP contribution in [-0.4, -0.2) is 20.8 Å². The summed E-state index contributed by atoms with van der Waals surface area (Å²) in [7, 11) is 3.37. The van der Waals surface area contributed by atoms with Crippen molar-refractivity contribution < 1.29 is 9.47 Å². The van der Waals surface area contributed by atoms with Crippen LogP contribution in [0.15, 0.2) is 18.2 Å². The van der Waals surface area contributed by atoms with E-state index in [0.29, 0.717) is 6.04 Å². The van der Waals surface area contributed by atoms with Crippen LogP contribution in [0.25, 0.3) is 0 Å². The highest BCUT2D eigenvalue weighted by molar-refractivity contribution is 5.42. The molecule has 0 heterocycles. The first-order valence-electron chi connectivity index (χ1n) is 6.20. The summed E-state index contributed by atoms with van der Waals surface area (Å²) in [5.74, 6) is 2.61. The van der Waals surface area contributed by atoms with Crippen molar-refractivity contribution in [3.8, 4) is 11.5 Å². The monoisotopic (exact) mass is 235 g/mol. The standard InChI is InChI=1S/C14H21NO2/c1-10(15-9-11-4-5-11)13-7-6-12(16-2)8-14(13)17-3/h6-8,10-11,15H,4-5,9H2,1-3H3. The van der Waals surface area contributed by atoms with Gasteiger partial charge < -0.3 is 14.8 Å². The van der Waals surface area contributed by atoms with E-state index in [4.69, 9.17) is 9.47 Å². The third kappa shape index (κ3) is 3.13. The van der Waals surface area contributed by atoms with Crippen molar-refractivity contribution in [1.29, 1.82) is 0 Å². The van der Waals surface area contributed by atoms with Gasteiger partial charge in [0.25, 0.3) is 0 Å². The molecular weight excluding hydrogens is 214 g/mol. The van der Waals surface area contributed by atoms with E-state index < -0.39 is 0 Å². The summed E-state index contributed by atoms with van der Waals surface area (Å²) in [6.07, 6.45) is 2.75. The Morgan fingerprint density at radius 1 is 1.29 bits per heavy atom. The molecule has 1 unspecified atom stereocenters. The lowest BCUT2D eigenvalue weighted by molar-refractivity contribution is 0.385. The molecule has 1 aliphatic carbocycles. The van der Waals surface area contributed by atoms with Gasteiger partial charge in [0, 0.05) is 17.7 Å². The Labute approximate surface area is 103 Å². The van der Waals surface area contributed by atoms with Gasteiger partial charge >= 0.3 is 0 Å². The molecule has 1 aromatic carbocycles. The maximum Gasteiger partial charge on any atom is 0.127 e. The second-order valence-corrected chi connectivity index (χ2v) is 4.68. The van der Waals surface area contributed by atoms with Crippen molar-refractivity contribution in [3.05, 3.63) is 23.8 Å². The van der Waals surface area contributed by atoms with Gasteiger partial charge in [-0.1, -0.05) is 6.07 Å². The Bertz CT molecular complexity index is 374. The van der Waals surface area contributed by atoms with E-state index in [9.17, 15) is 0 Å². The lowest BCUT2D eigenvalue weighted by Gasteiger charge is -2.17. The lowest BCUT2D eigenvalue weighted by Crippen LogP contribution is -2.21. The molecule has 0 spiro atoms. The van der Waals surface area contributed by atoms with Crippen LogP contribution in [0.1, 0.15) is 31.4 Å². The first-order chi connectivity index (χ1) is 8.24. The fraction of sp³-hybridized carbons (Fsp3) is 0.571. The van der Waals surface area contributed by atoms with Gasteiger partial charge in [0.05, 0.1) is 14.2 Å². The van der Waals surface area contributed by atoms with E-state index in [1.165, 1.54) is 18.4 Å². The molecular formula is C14H21NO2. The van der Waals surface area contributed by atoms with Crippen LogP contribution in [0.3, 0.4) is 0 Å². The van der Waals surface area contributed by atoms with Gasteiger partial charge in [0.2, 0.25) is 0 Å². The zero-order valence-electron chi connectivity index (χ0n) is 10.8. The predicted molar refractivity (Wildman–Crippen MR) is 68.7 cm³/mol. The molecule has 0 amide bonds. The largest absolute Gasteiger partial charge is 0.497 e. The summed E-state index contributed by atoms with van der Waals surface area (Å²) in [5.41, 5.74) is 1.19. The van der Waals surface area contributed by atoms with Crippen molar-refractivity contribution >= 4 is 0 Å². The van der Waals surface area contributed by atoms with E-state index >= 15 is 0 Å². The predicted octanol–water partition coefficient (Wildman–Crippen LogP) is 2.76. The molecule has 94 valence electrons. The summed E-state index contributed by atoms with van der Waals surface area (Å²) in [5, 5.41) is 3.55. The smallest absolute Gasteiger partial charge is 0.127 e. The van der Waals surface area contributed by atoms with Crippen molar-refractivity contribution in [3.63, 3.8) is 0 Å². The maximum atomic E-state index is 5.41. The number of rotatable bonds is 6. The van der Waals surface area contributed by atoms with Crippen LogP contribution in [0.4, 0.5) is 0 Å². The summed E-state index contributed by atoms with van der Waals surface area (Å²) in [6, 6.07) is 6.30. The molecule has 17 heavy (non-hydrogen) atoms. The minimum atomic E-state index is 0.316. The molecule has 3 heteroatoms. The first-order valence-corrected chi connectivity index (χ1v) is 6.20. The van der Waals surface area contributed by atoms with Crippen LogP contribution in [0.5, 0.6) is 11.5 Å². The highest BCUT2D eigenvalue weighted by Crippen LogP contribution is 2.31. The average Bonchev–Trinajstić information content (AvgIpc) is 3.19. The van der Waals surface area contributed by atoms with Crippen LogP contribution in [-0.2, 0) is 0 Å². The molecule has 1 N–H and O–H groups in total. The van der Waals surface area contributed by atoms with Crippen molar-refractivity contribution in [2.24, 2.45) is 5.92 Å². The number of ether oxygens (including phenoxy) is 2. The molecule has 1 aromatic rings. The summed E-state index contributed by atoms with van der Waals surface area (Å²) in [4.78, 5) is 0. The molecule has 1 aliphatic rings. The van der Waals surface area contributed by atoms with Crippen molar-refractivity contribution in [2.75, 3.05) is 20.8 Å². The molecule has 0 saturated heterocycles. The van der Waals surface area contributed by atoms with E-state index in [-0.39, 0.29) is 0 Å². The minimum absolute atomic E-state index is 0.316. The molecule has 0 aromatic heterocycles. The third-order valence-corrected chi connectivity index (χ3v) is 3.32. The van der Waals surface area contributed by atoms with E-state index in [1.807, 2.05) is 12.1 Å². The normalized spacial score (nSPS) is 16.6. The van der Waals surface area contributed by atoms with Crippen molar-refractivity contribution in [1.82, 2.24) is 5.32 Å². The van der Waals surface area contributed by atoms with Gasteiger partial charge in [-0.15, -0.1) is 0 Å². The van der Waals surface area contributed by atoms with E-state index in [2.05, 4.69) is 18.3 Å². The highest BCUT2D eigenvalue weighted by atomic mass is 16.5. The van der Waals surface area contributed by atoms with Crippen molar-refractivity contribution in [2.45, 2.75) is 25.8 Å². The summed E-state index contributed by atoms with van der Waals surface area (Å²) in [6.45, 7) is 3.28. The second kappa shape index (κ2) is 5.41. The SMILES string of the molecule is COc1ccc(C(C)NCC2CC2)c(OC)c1. The van der Waals surface area contributed by atoms with Gasteiger partial charge in [-0.3, -0.25) is 0 Å². The number of nitrogens with one attached hydrogen (secondary N) is 1. The Hall–Kier alpha value is -1.22. The molecule has 0 radical (unpaired) electrons. The molecule has 1 saturated carbocycles. The molecule has 1 fully saturated rings. The highest BCUT2D eigenvalue weighted by Gasteiger charge is 2.22. The Kier molecular flexibility index (Phi) is 3.89. The Morgan fingerprint density at radius 2 is 2.06 bits per heavy atom. The number of methoxy groups -OCH3 is 2.